The fourth-order valence-corrected chi connectivity index (χ4v) is 5.28. The van der Waals surface area contributed by atoms with Crippen molar-refractivity contribution >= 4 is 11.5 Å². The normalized spacial score (nSPS) is 21.3. The Hall–Kier alpha value is -3.44. The third kappa shape index (κ3) is 3.04. The Balaban J connectivity index is 1.60. The molecule has 2 unspecified atom stereocenters. The summed E-state index contributed by atoms with van der Waals surface area (Å²) in [6, 6.07) is 16.4. The van der Waals surface area contributed by atoms with Gasteiger partial charge in [-0.05, 0) is 55.5 Å². The highest BCUT2D eigenvalue weighted by atomic mass is 16.5. The first-order valence-corrected chi connectivity index (χ1v) is 10.7. The smallest absolute Gasteiger partial charge is 0.335 e. The van der Waals surface area contributed by atoms with Gasteiger partial charge in [-0.1, -0.05) is 29.8 Å². The van der Waals surface area contributed by atoms with Gasteiger partial charge in [-0.2, -0.15) is 0 Å². The highest BCUT2D eigenvalue weighted by Gasteiger charge is 2.35. The van der Waals surface area contributed by atoms with Gasteiger partial charge in [0.15, 0.2) is 0 Å². The number of nitrogens with one attached hydrogen (secondary N) is 1. The summed E-state index contributed by atoms with van der Waals surface area (Å²) in [6.07, 6.45) is 8.05. The van der Waals surface area contributed by atoms with E-state index in [2.05, 4.69) is 22.4 Å². The van der Waals surface area contributed by atoms with E-state index in [1.807, 2.05) is 30.5 Å². The summed E-state index contributed by atoms with van der Waals surface area (Å²) in [5.41, 5.74) is 6.88. The molecule has 0 saturated carbocycles. The van der Waals surface area contributed by atoms with Crippen molar-refractivity contribution in [3.63, 3.8) is 0 Å². The van der Waals surface area contributed by atoms with Gasteiger partial charge in [-0.25, -0.2) is 4.79 Å². The number of carbonyl (C=O) groups is 1. The fraction of sp³-hybridized carbons (Fsp3) is 0.231. The number of carboxylic acids is 1. The molecule has 2 aromatic carbocycles. The van der Waals surface area contributed by atoms with E-state index in [1.54, 1.807) is 18.3 Å². The number of rotatable bonds is 2. The van der Waals surface area contributed by atoms with Gasteiger partial charge in [-0.3, -0.25) is 4.98 Å². The molecule has 2 bridgehead atoms. The monoisotopic (exact) mass is 410 g/mol. The lowest BCUT2D eigenvalue weighted by Gasteiger charge is -2.31. The van der Waals surface area contributed by atoms with Crippen LogP contribution >= 0.6 is 0 Å². The SMILES string of the molecule is O=C(O)c1ccc2c(c1)Oc1c(cccc1-c1cccnc1)C2=C1CC2CCC(C1)N2. The third-order valence-electron chi connectivity index (χ3n) is 6.64. The Kier molecular flexibility index (Phi) is 4.18. The van der Waals surface area contributed by atoms with Gasteiger partial charge in [0, 0.05) is 46.7 Å². The van der Waals surface area contributed by atoms with Crippen LogP contribution in [0, 0.1) is 0 Å². The van der Waals surface area contributed by atoms with Gasteiger partial charge in [0.1, 0.15) is 11.5 Å². The van der Waals surface area contributed by atoms with E-state index in [0.717, 1.165) is 40.8 Å². The Morgan fingerprint density at radius 1 is 1.00 bits per heavy atom. The van der Waals surface area contributed by atoms with E-state index in [9.17, 15) is 9.90 Å². The number of fused-ring (bicyclic) bond motifs is 4. The lowest BCUT2D eigenvalue weighted by atomic mass is 9.83. The Bertz CT molecular complexity index is 1220. The fourth-order valence-electron chi connectivity index (χ4n) is 5.28. The van der Waals surface area contributed by atoms with Crippen LogP contribution in [-0.2, 0) is 0 Å². The summed E-state index contributed by atoms with van der Waals surface area (Å²) in [6.45, 7) is 0. The largest absolute Gasteiger partial charge is 0.478 e. The molecule has 2 fully saturated rings. The molecule has 6 rings (SSSR count). The minimum atomic E-state index is -0.952. The number of piperidine rings is 1. The number of carboxylic acid groups (broad SMARTS) is 1. The molecule has 0 amide bonds. The molecule has 5 nitrogen and oxygen atoms in total. The van der Waals surface area contributed by atoms with Crippen molar-refractivity contribution < 1.29 is 14.6 Å². The summed E-state index contributed by atoms with van der Waals surface area (Å²) in [7, 11) is 0. The number of ether oxygens (including phenoxy) is 1. The molecule has 154 valence electrons. The number of hydrogen-bond acceptors (Lipinski definition) is 4. The molecule has 31 heavy (non-hydrogen) atoms. The molecule has 0 aliphatic carbocycles. The third-order valence-corrected chi connectivity index (χ3v) is 6.64. The lowest BCUT2D eigenvalue weighted by molar-refractivity contribution is 0.0696. The predicted molar refractivity (Wildman–Crippen MR) is 118 cm³/mol. The van der Waals surface area contributed by atoms with Crippen LogP contribution in [0.25, 0.3) is 16.7 Å². The number of pyridine rings is 1. The second-order valence-corrected chi connectivity index (χ2v) is 8.57. The van der Waals surface area contributed by atoms with E-state index >= 15 is 0 Å². The van der Waals surface area contributed by atoms with Crippen LogP contribution in [0.15, 0.2) is 66.5 Å². The van der Waals surface area contributed by atoms with Crippen LogP contribution in [0.5, 0.6) is 11.5 Å². The first-order chi connectivity index (χ1) is 15.2. The molecule has 1 aromatic heterocycles. The average molecular weight is 410 g/mol. The topological polar surface area (TPSA) is 71.5 Å². The van der Waals surface area contributed by atoms with Crippen molar-refractivity contribution in [2.24, 2.45) is 0 Å². The number of hydrogen-bond donors (Lipinski definition) is 2. The quantitative estimate of drug-likeness (QED) is 0.471. The maximum absolute atomic E-state index is 11.6. The van der Waals surface area contributed by atoms with E-state index in [0.29, 0.717) is 17.8 Å². The second kappa shape index (κ2) is 7.06. The predicted octanol–water partition coefficient (Wildman–Crippen LogP) is 5.27. The second-order valence-electron chi connectivity index (χ2n) is 8.57. The molecule has 5 heteroatoms. The summed E-state index contributed by atoms with van der Waals surface area (Å²) in [5, 5.41) is 13.2. The van der Waals surface area contributed by atoms with Crippen molar-refractivity contribution in [1.29, 1.82) is 0 Å². The summed E-state index contributed by atoms with van der Waals surface area (Å²) < 4.78 is 6.40. The highest BCUT2D eigenvalue weighted by Crippen LogP contribution is 2.51. The van der Waals surface area contributed by atoms with Crippen LogP contribution in [-0.4, -0.2) is 28.1 Å². The first-order valence-electron chi connectivity index (χ1n) is 10.7. The zero-order valence-corrected chi connectivity index (χ0v) is 17.0. The molecule has 4 heterocycles. The lowest BCUT2D eigenvalue weighted by Crippen LogP contribution is -2.35. The van der Waals surface area contributed by atoms with Crippen LogP contribution in [0.2, 0.25) is 0 Å². The number of aromatic carboxylic acids is 1. The van der Waals surface area contributed by atoms with E-state index in [4.69, 9.17) is 4.74 Å². The van der Waals surface area contributed by atoms with Gasteiger partial charge < -0.3 is 15.2 Å². The standard InChI is InChI=1S/C26H22N2O3/c29-26(30)15-6-9-21-23(13-15)31-25-20(16-3-2-10-27-14-16)4-1-5-22(25)24(21)17-11-18-7-8-19(12-17)28-18/h1-6,9-10,13-14,18-19,28H,7-8,11-12H2,(H,29,30). The number of nitrogens with zero attached hydrogens (tertiary/aromatic N) is 1. The molecule has 3 aliphatic rings. The van der Waals surface area contributed by atoms with E-state index in [1.165, 1.54) is 24.0 Å². The summed E-state index contributed by atoms with van der Waals surface area (Å²) >= 11 is 0. The summed E-state index contributed by atoms with van der Waals surface area (Å²) in [4.78, 5) is 15.9. The van der Waals surface area contributed by atoms with Gasteiger partial charge >= 0.3 is 5.97 Å². The van der Waals surface area contributed by atoms with Gasteiger partial charge in [0.25, 0.3) is 0 Å². The molecule has 2 N–H and O–H groups in total. The maximum Gasteiger partial charge on any atom is 0.335 e. The zero-order valence-electron chi connectivity index (χ0n) is 17.0. The van der Waals surface area contributed by atoms with Crippen LogP contribution in [0.1, 0.15) is 47.2 Å². The molecule has 0 radical (unpaired) electrons. The average Bonchev–Trinajstić information content (AvgIpc) is 3.14. The molecule has 2 atom stereocenters. The minimum absolute atomic E-state index is 0.232. The molecule has 3 aromatic rings. The van der Waals surface area contributed by atoms with Crippen LogP contribution in [0.4, 0.5) is 0 Å². The minimum Gasteiger partial charge on any atom is -0.478 e. The van der Waals surface area contributed by atoms with Crippen molar-refractivity contribution in [3.8, 4) is 22.6 Å². The number of para-hydroxylation sites is 1. The van der Waals surface area contributed by atoms with Crippen molar-refractivity contribution in [3.05, 3.63) is 83.2 Å². The highest BCUT2D eigenvalue weighted by molar-refractivity contribution is 5.96. The first kappa shape index (κ1) is 18.3. The molecule has 2 saturated heterocycles. The van der Waals surface area contributed by atoms with E-state index in [-0.39, 0.29) is 5.56 Å². The number of benzene rings is 2. The zero-order chi connectivity index (χ0) is 20.9. The summed E-state index contributed by atoms with van der Waals surface area (Å²) in [5.74, 6) is 0.433. The Morgan fingerprint density at radius 3 is 2.55 bits per heavy atom. The van der Waals surface area contributed by atoms with Crippen LogP contribution < -0.4 is 10.1 Å². The molecule has 0 spiro atoms. The van der Waals surface area contributed by atoms with Crippen molar-refractivity contribution in [2.45, 2.75) is 37.8 Å². The van der Waals surface area contributed by atoms with Gasteiger partial charge in [0.05, 0.1) is 5.56 Å². The number of aromatic nitrogens is 1. The molecular formula is C26H22N2O3. The van der Waals surface area contributed by atoms with E-state index < -0.39 is 5.97 Å². The van der Waals surface area contributed by atoms with Gasteiger partial charge in [0.2, 0.25) is 0 Å². The molecular weight excluding hydrogens is 388 g/mol. The van der Waals surface area contributed by atoms with Crippen LogP contribution in [0.3, 0.4) is 0 Å². The van der Waals surface area contributed by atoms with Gasteiger partial charge in [-0.15, -0.1) is 0 Å². The Labute approximate surface area is 180 Å². The molecule has 3 aliphatic heterocycles. The van der Waals surface area contributed by atoms with Crippen molar-refractivity contribution in [2.75, 3.05) is 0 Å². The maximum atomic E-state index is 11.6. The Morgan fingerprint density at radius 2 is 1.81 bits per heavy atom. The van der Waals surface area contributed by atoms with Crippen molar-refractivity contribution in [1.82, 2.24) is 10.3 Å².